The van der Waals surface area contributed by atoms with E-state index in [1.807, 2.05) is 12.1 Å². The molecule has 0 atom stereocenters. The number of carbonyl (C=O) groups is 1. The molecule has 2 aliphatic heterocycles. The van der Waals surface area contributed by atoms with Crippen molar-refractivity contribution in [3.05, 3.63) is 40.5 Å². The Bertz CT molecular complexity index is 855. The number of hydrogen-bond donors (Lipinski definition) is 1. The second kappa shape index (κ2) is 8.43. The van der Waals surface area contributed by atoms with E-state index in [0.29, 0.717) is 47.0 Å². The highest BCUT2D eigenvalue weighted by molar-refractivity contribution is 6.34. The van der Waals surface area contributed by atoms with Crippen LogP contribution in [0.25, 0.3) is 0 Å². The summed E-state index contributed by atoms with van der Waals surface area (Å²) in [5.41, 5.74) is 0.528. The van der Waals surface area contributed by atoms with Crippen molar-refractivity contribution in [1.82, 2.24) is 9.88 Å². The fourth-order valence-electron chi connectivity index (χ4n) is 3.24. The Kier molecular flexibility index (Phi) is 5.75. The zero-order valence-electron chi connectivity index (χ0n) is 15.2. The van der Waals surface area contributed by atoms with E-state index in [1.54, 1.807) is 18.3 Å². The third-order valence-corrected chi connectivity index (χ3v) is 5.22. The smallest absolute Gasteiger partial charge is 0.238 e. The van der Waals surface area contributed by atoms with Gasteiger partial charge in [0.1, 0.15) is 19.0 Å². The quantitative estimate of drug-likeness (QED) is 0.816. The van der Waals surface area contributed by atoms with Crippen LogP contribution < -0.4 is 19.7 Å². The van der Waals surface area contributed by atoms with Crippen molar-refractivity contribution >= 4 is 40.6 Å². The molecule has 0 saturated carbocycles. The summed E-state index contributed by atoms with van der Waals surface area (Å²) in [5.74, 6) is 1.98. The SMILES string of the molecule is O=C(CN1CCN(c2ccc(Cl)cn2)CC1)Nc1cc2c(cc1Cl)OCCO2. The molecule has 1 N–H and O–H groups in total. The largest absolute Gasteiger partial charge is 0.486 e. The number of pyridine rings is 1. The van der Waals surface area contributed by atoms with Crippen LogP contribution in [-0.2, 0) is 4.79 Å². The summed E-state index contributed by atoms with van der Waals surface area (Å²) in [7, 11) is 0. The number of piperazine rings is 1. The van der Waals surface area contributed by atoms with Crippen LogP contribution in [0, 0.1) is 0 Å². The molecule has 28 heavy (non-hydrogen) atoms. The number of carbonyl (C=O) groups excluding carboxylic acids is 1. The summed E-state index contributed by atoms with van der Waals surface area (Å²) in [6, 6.07) is 7.12. The topological polar surface area (TPSA) is 66.9 Å². The zero-order valence-corrected chi connectivity index (χ0v) is 16.7. The summed E-state index contributed by atoms with van der Waals surface area (Å²) < 4.78 is 11.0. The normalized spacial score (nSPS) is 16.7. The average molecular weight is 423 g/mol. The number of fused-ring (bicyclic) bond motifs is 1. The second-order valence-corrected chi connectivity index (χ2v) is 7.47. The molecule has 1 aromatic heterocycles. The Balaban J connectivity index is 1.31. The number of ether oxygens (including phenoxy) is 2. The first-order chi connectivity index (χ1) is 13.6. The summed E-state index contributed by atoms with van der Waals surface area (Å²) in [5, 5.41) is 3.92. The third kappa shape index (κ3) is 4.43. The number of nitrogens with zero attached hydrogens (tertiary/aromatic N) is 3. The fraction of sp³-hybridized carbons (Fsp3) is 0.368. The maximum atomic E-state index is 12.5. The van der Waals surface area contributed by atoms with Gasteiger partial charge in [-0.1, -0.05) is 23.2 Å². The molecule has 148 valence electrons. The van der Waals surface area contributed by atoms with Crippen LogP contribution in [-0.4, -0.2) is 61.7 Å². The monoisotopic (exact) mass is 422 g/mol. The van der Waals surface area contributed by atoms with E-state index >= 15 is 0 Å². The predicted molar refractivity (Wildman–Crippen MR) is 109 cm³/mol. The first-order valence-corrected chi connectivity index (χ1v) is 9.82. The maximum absolute atomic E-state index is 12.5. The lowest BCUT2D eigenvalue weighted by atomic mass is 10.2. The Labute approximate surface area is 173 Å². The molecule has 0 aliphatic carbocycles. The molecule has 0 bridgehead atoms. The molecule has 2 aromatic rings. The number of aromatic nitrogens is 1. The minimum atomic E-state index is -0.114. The van der Waals surface area contributed by atoms with Gasteiger partial charge in [0.25, 0.3) is 0 Å². The third-order valence-electron chi connectivity index (χ3n) is 4.68. The van der Waals surface area contributed by atoms with Gasteiger partial charge in [0.15, 0.2) is 11.5 Å². The van der Waals surface area contributed by atoms with E-state index in [4.69, 9.17) is 32.7 Å². The Morgan fingerprint density at radius 1 is 1.07 bits per heavy atom. The number of amides is 1. The zero-order chi connectivity index (χ0) is 19.5. The first-order valence-electron chi connectivity index (χ1n) is 9.06. The van der Waals surface area contributed by atoms with Gasteiger partial charge >= 0.3 is 0 Å². The number of hydrogen-bond acceptors (Lipinski definition) is 6. The van der Waals surface area contributed by atoms with Gasteiger partial charge in [-0.15, -0.1) is 0 Å². The van der Waals surface area contributed by atoms with Crippen LogP contribution in [0.2, 0.25) is 10.0 Å². The van der Waals surface area contributed by atoms with Crippen LogP contribution in [0.5, 0.6) is 11.5 Å². The first kappa shape index (κ1) is 19.1. The number of halogens is 2. The van der Waals surface area contributed by atoms with Gasteiger partial charge in [-0.3, -0.25) is 9.69 Å². The number of rotatable bonds is 4. The van der Waals surface area contributed by atoms with E-state index in [1.165, 1.54) is 0 Å². The van der Waals surface area contributed by atoms with E-state index < -0.39 is 0 Å². The minimum Gasteiger partial charge on any atom is -0.486 e. The second-order valence-electron chi connectivity index (χ2n) is 6.62. The summed E-state index contributed by atoms with van der Waals surface area (Å²) in [6.45, 7) is 4.41. The Hall–Kier alpha value is -2.22. The van der Waals surface area contributed by atoms with Crippen LogP contribution in [0.15, 0.2) is 30.5 Å². The van der Waals surface area contributed by atoms with Crippen molar-refractivity contribution in [2.75, 3.05) is 56.2 Å². The highest BCUT2D eigenvalue weighted by Crippen LogP contribution is 2.37. The average Bonchev–Trinajstić information content (AvgIpc) is 2.70. The fourth-order valence-corrected chi connectivity index (χ4v) is 3.56. The molecule has 0 spiro atoms. The minimum absolute atomic E-state index is 0.114. The maximum Gasteiger partial charge on any atom is 0.238 e. The number of anilines is 2. The van der Waals surface area contributed by atoms with Gasteiger partial charge in [0.05, 0.1) is 22.3 Å². The molecule has 1 amide bonds. The van der Waals surface area contributed by atoms with Crippen molar-refractivity contribution in [2.45, 2.75) is 0 Å². The van der Waals surface area contributed by atoms with Crippen molar-refractivity contribution in [1.29, 1.82) is 0 Å². The molecule has 1 fully saturated rings. The Morgan fingerprint density at radius 2 is 1.79 bits per heavy atom. The van der Waals surface area contributed by atoms with E-state index in [9.17, 15) is 4.79 Å². The van der Waals surface area contributed by atoms with Crippen molar-refractivity contribution < 1.29 is 14.3 Å². The van der Waals surface area contributed by atoms with Gasteiger partial charge in [0, 0.05) is 44.5 Å². The van der Waals surface area contributed by atoms with Crippen molar-refractivity contribution in [3.8, 4) is 11.5 Å². The number of nitrogens with one attached hydrogen (secondary N) is 1. The molecule has 1 saturated heterocycles. The lowest BCUT2D eigenvalue weighted by Gasteiger charge is -2.35. The van der Waals surface area contributed by atoms with E-state index in [0.717, 1.165) is 32.0 Å². The summed E-state index contributed by atoms with van der Waals surface area (Å²) in [6.07, 6.45) is 1.65. The molecule has 0 unspecified atom stereocenters. The lowest BCUT2D eigenvalue weighted by molar-refractivity contribution is -0.117. The standard InChI is InChI=1S/C19H20Cl2N4O3/c20-13-1-2-18(22-11-13)25-5-3-24(4-6-25)12-19(26)23-15-10-17-16(9-14(15)21)27-7-8-28-17/h1-2,9-11H,3-8,12H2,(H,23,26). The van der Waals surface area contributed by atoms with Crippen LogP contribution in [0.1, 0.15) is 0 Å². The molecule has 1 aromatic carbocycles. The summed E-state index contributed by atoms with van der Waals surface area (Å²) >= 11 is 12.1. The van der Waals surface area contributed by atoms with E-state index in [-0.39, 0.29) is 5.91 Å². The van der Waals surface area contributed by atoms with Crippen molar-refractivity contribution in [3.63, 3.8) is 0 Å². The van der Waals surface area contributed by atoms with Gasteiger partial charge in [-0.05, 0) is 12.1 Å². The predicted octanol–water partition coefficient (Wildman–Crippen LogP) is 2.92. The molecule has 7 nitrogen and oxygen atoms in total. The molecular weight excluding hydrogens is 403 g/mol. The van der Waals surface area contributed by atoms with Gasteiger partial charge in [-0.2, -0.15) is 0 Å². The number of benzene rings is 1. The van der Waals surface area contributed by atoms with Crippen LogP contribution in [0.4, 0.5) is 11.5 Å². The molecule has 9 heteroatoms. The van der Waals surface area contributed by atoms with Crippen LogP contribution >= 0.6 is 23.2 Å². The van der Waals surface area contributed by atoms with Gasteiger partial charge < -0.3 is 19.7 Å². The molecule has 0 radical (unpaired) electrons. The summed E-state index contributed by atoms with van der Waals surface area (Å²) in [4.78, 5) is 21.1. The molecular formula is C19H20Cl2N4O3. The highest BCUT2D eigenvalue weighted by Gasteiger charge is 2.21. The highest BCUT2D eigenvalue weighted by atomic mass is 35.5. The molecule has 3 heterocycles. The van der Waals surface area contributed by atoms with Crippen molar-refractivity contribution in [2.24, 2.45) is 0 Å². The van der Waals surface area contributed by atoms with Gasteiger partial charge in [0.2, 0.25) is 5.91 Å². The van der Waals surface area contributed by atoms with E-state index in [2.05, 4.69) is 20.1 Å². The van der Waals surface area contributed by atoms with Crippen LogP contribution in [0.3, 0.4) is 0 Å². The molecule has 4 rings (SSSR count). The van der Waals surface area contributed by atoms with Gasteiger partial charge in [-0.25, -0.2) is 4.98 Å². The lowest BCUT2D eigenvalue weighted by Crippen LogP contribution is -2.48. The Morgan fingerprint density at radius 3 is 2.46 bits per heavy atom. The molecule has 2 aliphatic rings.